The summed E-state index contributed by atoms with van der Waals surface area (Å²) in [6, 6.07) is 5.98. The molecule has 0 fully saturated rings. The van der Waals surface area contributed by atoms with Crippen molar-refractivity contribution in [2.45, 2.75) is 13.8 Å². The van der Waals surface area contributed by atoms with Crippen LogP contribution in [0.3, 0.4) is 0 Å². The van der Waals surface area contributed by atoms with Gasteiger partial charge in [0.25, 0.3) is 5.91 Å². The second-order valence-electron chi connectivity index (χ2n) is 3.92. The average Bonchev–Trinajstić information content (AvgIpc) is 2.74. The predicted molar refractivity (Wildman–Crippen MR) is 74.5 cm³/mol. The van der Waals surface area contributed by atoms with E-state index in [0.717, 1.165) is 5.69 Å². The molecule has 1 aromatic carbocycles. The van der Waals surface area contributed by atoms with Crippen molar-refractivity contribution in [2.24, 2.45) is 0 Å². The molecule has 1 heterocycles. The third-order valence-corrected chi connectivity index (χ3v) is 3.51. The molecule has 0 bridgehead atoms. The van der Waals surface area contributed by atoms with Crippen molar-refractivity contribution in [3.8, 4) is 0 Å². The number of halogens is 1. The number of aromatic nitrogens is 1. The van der Waals surface area contributed by atoms with Gasteiger partial charge < -0.3 is 10.6 Å². The summed E-state index contributed by atoms with van der Waals surface area (Å²) in [5.74, 6) is -0.409. The quantitative estimate of drug-likeness (QED) is 0.904. The lowest BCUT2D eigenvalue weighted by Crippen LogP contribution is -2.22. The molecule has 0 aliphatic carbocycles. The van der Waals surface area contributed by atoms with Gasteiger partial charge in [0.1, 0.15) is 10.7 Å². The lowest BCUT2D eigenvalue weighted by molar-refractivity contribution is 0.0959. The van der Waals surface area contributed by atoms with Crippen LogP contribution in [0.5, 0.6) is 0 Å². The van der Waals surface area contributed by atoms with E-state index in [1.165, 1.54) is 23.5 Å². The molecule has 2 rings (SSSR count). The van der Waals surface area contributed by atoms with Crippen LogP contribution in [0, 0.1) is 12.7 Å². The van der Waals surface area contributed by atoms with E-state index in [9.17, 15) is 9.18 Å². The Morgan fingerprint density at radius 2 is 2.05 bits per heavy atom. The average molecular weight is 279 g/mol. The minimum Gasteiger partial charge on any atom is -0.352 e. The first-order valence-corrected chi connectivity index (χ1v) is 6.70. The SMILES string of the molecule is CCNC(=O)c1sc(Nc2ccc(F)cc2)nc1C. The summed E-state index contributed by atoms with van der Waals surface area (Å²) in [4.78, 5) is 16.6. The summed E-state index contributed by atoms with van der Waals surface area (Å²) in [7, 11) is 0. The fourth-order valence-electron chi connectivity index (χ4n) is 1.56. The highest BCUT2D eigenvalue weighted by Gasteiger charge is 2.14. The van der Waals surface area contributed by atoms with Gasteiger partial charge in [0.05, 0.1) is 5.69 Å². The molecule has 4 nitrogen and oxygen atoms in total. The Morgan fingerprint density at radius 1 is 1.37 bits per heavy atom. The van der Waals surface area contributed by atoms with E-state index in [1.54, 1.807) is 19.1 Å². The Bertz CT molecular complexity index is 580. The van der Waals surface area contributed by atoms with Crippen molar-refractivity contribution in [2.75, 3.05) is 11.9 Å². The number of hydrogen-bond acceptors (Lipinski definition) is 4. The molecule has 0 saturated heterocycles. The molecular formula is C13H14FN3OS. The van der Waals surface area contributed by atoms with Crippen molar-refractivity contribution in [3.63, 3.8) is 0 Å². The summed E-state index contributed by atoms with van der Waals surface area (Å²) >= 11 is 1.28. The highest BCUT2D eigenvalue weighted by atomic mass is 32.1. The van der Waals surface area contributed by atoms with Crippen molar-refractivity contribution in [1.29, 1.82) is 0 Å². The maximum absolute atomic E-state index is 12.8. The Labute approximate surface area is 114 Å². The number of carbonyl (C=O) groups is 1. The van der Waals surface area contributed by atoms with Crippen molar-refractivity contribution >= 4 is 28.1 Å². The van der Waals surface area contributed by atoms with E-state index in [1.807, 2.05) is 6.92 Å². The predicted octanol–water partition coefficient (Wildman–Crippen LogP) is 3.08. The van der Waals surface area contributed by atoms with Gasteiger partial charge in [-0.25, -0.2) is 9.37 Å². The zero-order valence-corrected chi connectivity index (χ0v) is 11.5. The molecule has 2 aromatic rings. The van der Waals surface area contributed by atoms with E-state index < -0.39 is 0 Å². The second kappa shape index (κ2) is 5.79. The lowest BCUT2D eigenvalue weighted by atomic mass is 10.3. The molecule has 1 amide bonds. The maximum atomic E-state index is 12.8. The first-order valence-electron chi connectivity index (χ1n) is 5.88. The molecule has 0 aliphatic heterocycles. The van der Waals surface area contributed by atoms with Gasteiger partial charge in [0.15, 0.2) is 5.13 Å². The molecule has 100 valence electrons. The van der Waals surface area contributed by atoms with Crippen LogP contribution in [-0.2, 0) is 0 Å². The largest absolute Gasteiger partial charge is 0.352 e. The number of anilines is 2. The Balaban J connectivity index is 2.16. The minimum atomic E-state index is -0.288. The number of aryl methyl sites for hydroxylation is 1. The summed E-state index contributed by atoms with van der Waals surface area (Å²) in [5, 5.41) is 6.41. The van der Waals surface area contributed by atoms with Crippen LogP contribution in [-0.4, -0.2) is 17.4 Å². The molecule has 0 unspecified atom stereocenters. The maximum Gasteiger partial charge on any atom is 0.263 e. The zero-order chi connectivity index (χ0) is 13.8. The third kappa shape index (κ3) is 3.29. The first kappa shape index (κ1) is 13.5. The van der Waals surface area contributed by atoms with E-state index in [-0.39, 0.29) is 11.7 Å². The van der Waals surface area contributed by atoms with Crippen LogP contribution in [0.1, 0.15) is 22.3 Å². The molecular weight excluding hydrogens is 265 g/mol. The number of rotatable bonds is 4. The van der Waals surface area contributed by atoms with Gasteiger partial charge >= 0.3 is 0 Å². The van der Waals surface area contributed by atoms with Crippen molar-refractivity contribution < 1.29 is 9.18 Å². The van der Waals surface area contributed by atoms with Gasteiger partial charge in [-0.1, -0.05) is 11.3 Å². The molecule has 2 N–H and O–H groups in total. The van der Waals surface area contributed by atoms with Crippen molar-refractivity contribution in [1.82, 2.24) is 10.3 Å². The normalized spacial score (nSPS) is 10.3. The topological polar surface area (TPSA) is 54.0 Å². The highest BCUT2D eigenvalue weighted by Crippen LogP contribution is 2.25. The number of benzene rings is 1. The molecule has 0 atom stereocenters. The monoisotopic (exact) mass is 279 g/mol. The number of nitrogens with one attached hydrogen (secondary N) is 2. The molecule has 0 aliphatic rings. The van der Waals surface area contributed by atoms with E-state index >= 15 is 0 Å². The number of carbonyl (C=O) groups excluding carboxylic acids is 1. The van der Waals surface area contributed by atoms with Gasteiger partial charge in [-0.05, 0) is 38.1 Å². The van der Waals surface area contributed by atoms with Crippen LogP contribution in [0.25, 0.3) is 0 Å². The molecule has 19 heavy (non-hydrogen) atoms. The van der Waals surface area contributed by atoms with Crippen LogP contribution in [0.4, 0.5) is 15.2 Å². The minimum absolute atomic E-state index is 0.121. The molecule has 0 spiro atoms. The van der Waals surface area contributed by atoms with Crippen molar-refractivity contribution in [3.05, 3.63) is 40.7 Å². The fourth-order valence-corrected chi connectivity index (χ4v) is 2.46. The van der Waals surface area contributed by atoms with E-state index in [2.05, 4.69) is 15.6 Å². The summed E-state index contributed by atoms with van der Waals surface area (Å²) in [6.07, 6.45) is 0. The van der Waals surface area contributed by atoms with Gasteiger partial charge in [-0.2, -0.15) is 0 Å². The summed E-state index contributed by atoms with van der Waals surface area (Å²) in [6.45, 7) is 4.24. The lowest BCUT2D eigenvalue weighted by Gasteiger charge is -2.01. The molecule has 1 aromatic heterocycles. The Kier molecular flexibility index (Phi) is 4.11. The number of thiazole rings is 1. The fraction of sp³-hybridized carbons (Fsp3) is 0.231. The van der Waals surface area contributed by atoms with Gasteiger partial charge in [-0.3, -0.25) is 4.79 Å². The van der Waals surface area contributed by atoms with Gasteiger partial charge in [0, 0.05) is 12.2 Å². The van der Waals surface area contributed by atoms with Crippen LogP contribution in [0.15, 0.2) is 24.3 Å². The second-order valence-corrected chi connectivity index (χ2v) is 4.92. The number of hydrogen-bond donors (Lipinski definition) is 2. The molecule has 0 saturated carbocycles. The third-order valence-electron chi connectivity index (χ3n) is 2.44. The Morgan fingerprint density at radius 3 is 2.68 bits per heavy atom. The van der Waals surface area contributed by atoms with E-state index in [0.29, 0.717) is 22.2 Å². The standard InChI is InChI=1S/C13H14FN3OS/c1-3-15-12(18)11-8(2)16-13(19-11)17-10-6-4-9(14)5-7-10/h4-7H,3H2,1-2H3,(H,15,18)(H,16,17). The molecule has 0 radical (unpaired) electrons. The Hall–Kier alpha value is -1.95. The van der Waals surface area contributed by atoms with Gasteiger partial charge in [-0.15, -0.1) is 0 Å². The summed E-state index contributed by atoms with van der Waals surface area (Å²) in [5.41, 5.74) is 1.41. The van der Waals surface area contributed by atoms with E-state index in [4.69, 9.17) is 0 Å². The number of nitrogens with zero attached hydrogens (tertiary/aromatic N) is 1. The van der Waals surface area contributed by atoms with Crippen LogP contribution >= 0.6 is 11.3 Å². The smallest absolute Gasteiger partial charge is 0.263 e. The highest BCUT2D eigenvalue weighted by molar-refractivity contribution is 7.17. The number of amides is 1. The molecule has 6 heteroatoms. The summed E-state index contributed by atoms with van der Waals surface area (Å²) < 4.78 is 12.8. The first-order chi connectivity index (χ1) is 9.10. The van der Waals surface area contributed by atoms with Gasteiger partial charge in [0.2, 0.25) is 0 Å². The van der Waals surface area contributed by atoms with Crippen LogP contribution in [0.2, 0.25) is 0 Å². The zero-order valence-electron chi connectivity index (χ0n) is 10.7. The van der Waals surface area contributed by atoms with Crippen LogP contribution < -0.4 is 10.6 Å².